The molecule has 0 heterocycles. The number of para-hydroxylation sites is 1. The van der Waals surface area contributed by atoms with Crippen molar-refractivity contribution in [3.8, 4) is 0 Å². The quantitative estimate of drug-likeness (QED) is 0.251. The number of hydrogen-bond acceptors (Lipinski definition) is 2. The summed E-state index contributed by atoms with van der Waals surface area (Å²) in [5.74, 6) is 0. The number of nitrogens with zero attached hydrogens (tertiary/aromatic N) is 2. The van der Waals surface area contributed by atoms with Gasteiger partial charge in [-0.25, -0.2) is 4.99 Å². The van der Waals surface area contributed by atoms with Gasteiger partial charge in [0, 0.05) is 55.8 Å². The van der Waals surface area contributed by atoms with E-state index in [0.717, 1.165) is 37.6 Å². The van der Waals surface area contributed by atoms with E-state index in [2.05, 4.69) is 152 Å². The Labute approximate surface area is 239 Å². The molecule has 0 amide bonds. The Hall–Kier alpha value is -4.37. The number of nitrogens with one attached hydrogen (secondary N) is 1. The topological polar surface area (TPSA) is 20.5 Å². The third-order valence-electron chi connectivity index (χ3n) is 7.82. The molecule has 1 aliphatic rings. The van der Waals surface area contributed by atoms with Gasteiger partial charge in [0.2, 0.25) is 11.4 Å². The maximum atomic E-state index is 3.64. The lowest BCUT2D eigenvalue weighted by molar-refractivity contribution is -0.351. The summed E-state index contributed by atoms with van der Waals surface area (Å²) < 4.78 is 0. The Balaban J connectivity index is 1.68. The van der Waals surface area contributed by atoms with Crippen molar-refractivity contribution in [3.63, 3.8) is 0 Å². The molecule has 40 heavy (non-hydrogen) atoms. The highest BCUT2D eigenvalue weighted by Crippen LogP contribution is 2.37. The molecule has 5 rings (SSSR count). The molecule has 0 unspecified atom stereocenters. The Kier molecular flexibility index (Phi) is 8.61. The van der Waals surface area contributed by atoms with Crippen LogP contribution < -0.4 is 14.8 Å². The molecule has 0 aromatic heterocycles. The Morgan fingerprint density at radius 3 is 1.50 bits per heavy atom. The van der Waals surface area contributed by atoms with E-state index in [1.54, 1.807) is 0 Å². The highest BCUT2D eigenvalue weighted by molar-refractivity contribution is 6.17. The zero-order chi connectivity index (χ0) is 27.9. The summed E-state index contributed by atoms with van der Waals surface area (Å²) in [5.41, 5.74) is 12.1. The molecule has 0 fully saturated rings. The van der Waals surface area contributed by atoms with Gasteiger partial charge in [-0.15, -0.1) is 0 Å². The molecule has 0 saturated carbocycles. The van der Waals surface area contributed by atoms with Crippen LogP contribution in [-0.2, 0) is 0 Å². The average molecular weight is 527 g/mol. The zero-order valence-electron chi connectivity index (χ0n) is 24.2. The molecule has 3 nitrogen and oxygen atoms in total. The van der Waals surface area contributed by atoms with E-state index in [-0.39, 0.29) is 0 Å². The number of anilines is 2. The Morgan fingerprint density at radius 1 is 0.525 bits per heavy atom. The van der Waals surface area contributed by atoms with Crippen molar-refractivity contribution >= 4 is 33.9 Å². The maximum absolute atomic E-state index is 3.64. The van der Waals surface area contributed by atoms with Crippen LogP contribution in [0, 0.1) is 0 Å². The largest absolute Gasteiger partial charge is 0.372 e. The number of fused-ring (bicyclic) bond motifs is 1. The van der Waals surface area contributed by atoms with Gasteiger partial charge in [-0.05, 0) is 91.9 Å². The molecule has 0 radical (unpaired) electrons. The minimum Gasteiger partial charge on any atom is -0.372 e. The van der Waals surface area contributed by atoms with E-state index in [4.69, 9.17) is 0 Å². The second kappa shape index (κ2) is 12.7. The summed E-state index contributed by atoms with van der Waals surface area (Å²) in [6, 6.07) is 37.3. The summed E-state index contributed by atoms with van der Waals surface area (Å²) in [6.07, 6.45) is 4.50. The summed E-state index contributed by atoms with van der Waals surface area (Å²) >= 11 is 0. The first-order valence-electron chi connectivity index (χ1n) is 14.6. The van der Waals surface area contributed by atoms with Crippen LogP contribution in [0.2, 0.25) is 0 Å². The smallest absolute Gasteiger partial charge is 0.211 e. The first kappa shape index (κ1) is 27.2. The van der Waals surface area contributed by atoms with E-state index in [9.17, 15) is 0 Å². The van der Waals surface area contributed by atoms with E-state index >= 15 is 0 Å². The molecule has 0 saturated heterocycles. The predicted molar refractivity (Wildman–Crippen MR) is 173 cm³/mol. The van der Waals surface area contributed by atoms with Gasteiger partial charge in [-0.3, -0.25) is 0 Å². The van der Waals surface area contributed by atoms with Gasteiger partial charge in [0.25, 0.3) is 0 Å². The van der Waals surface area contributed by atoms with Gasteiger partial charge in [0.15, 0.2) is 0 Å². The summed E-state index contributed by atoms with van der Waals surface area (Å²) in [4.78, 5) is 8.42. The fraction of sp³-hybridized carbons (Fsp3) is 0.216. The molecular formula is C37H40N3+. The molecule has 0 bridgehead atoms. The van der Waals surface area contributed by atoms with E-state index in [1.807, 2.05) is 6.07 Å². The van der Waals surface area contributed by atoms with Crippen molar-refractivity contribution in [2.45, 2.75) is 27.7 Å². The van der Waals surface area contributed by atoms with Crippen LogP contribution >= 0.6 is 0 Å². The molecular weight excluding hydrogens is 486 g/mol. The van der Waals surface area contributed by atoms with Crippen LogP contribution in [0.15, 0.2) is 115 Å². The van der Waals surface area contributed by atoms with Gasteiger partial charge in [-0.1, -0.05) is 60.7 Å². The van der Waals surface area contributed by atoms with Gasteiger partial charge in [0.05, 0.1) is 5.56 Å². The van der Waals surface area contributed by atoms with Crippen LogP contribution in [0.1, 0.15) is 49.9 Å². The normalized spacial score (nSPS) is 13.3. The number of benzene rings is 4. The van der Waals surface area contributed by atoms with E-state index < -0.39 is 0 Å². The van der Waals surface area contributed by atoms with Crippen LogP contribution in [0.5, 0.6) is 0 Å². The minimum absolute atomic E-state index is 1.000. The SMILES string of the molecule is CCN(CC)c1ccc(C(=C2C=CC(=[NH+]c3ccccc3)c3ccccc32)c2ccc(N(CC)CC)cc2)cc1. The van der Waals surface area contributed by atoms with Crippen LogP contribution in [-0.4, -0.2) is 31.9 Å². The fourth-order valence-electron chi connectivity index (χ4n) is 5.64. The Morgan fingerprint density at radius 2 is 1.00 bits per heavy atom. The van der Waals surface area contributed by atoms with Crippen molar-refractivity contribution in [2.75, 3.05) is 36.0 Å². The van der Waals surface area contributed by atoms with Crippen LogP contribution in [0.4, 0.5) is 17.1 Å². The molecule has 0 spiro atoms. The summed E-state index contributed by atoms with van der Waals surface area (Å²) in [7, 11) is 0. The number of hydrogen-bond donors (Lipinski definition) is 1. The monoisotopic (exact) mass is 526 g/mol. The molecule has 3 heteroatoms. The van der Waals surface area contributed by atoms with Crippen LogP contribution in [0.3, 0.4) is 0 Å². The van der Waals surface area contributed by atoms with Crippen molar-refractivity contribution in [1.29, 1.82) is 0 Å². The molecule has 1 aliphatic carbocycles. The lowest BCUT2D eigenvalue weighted by Gasteiger charge is -2.24. The summed E-state index contributed by atoms with van der Waals surface area (Å²) in [6.45, 7) is 12.8. The highest BCUT2D eigenvalue weighted by Gasteiger charge is 2.23. The van der Waals surface area contributed by atoms with Gasteiger partial charge < -0.3 is 9.80 Å². The second-order valence-electron chi connectivity index (χ2n) is 10.0. The van der Waals surface area contributed by atoms with E-state index in [1.165, 1.54) is 44.8 Å². The lowest BCUT2D eigenvalue weighted by Crippen LogP contribution is -2.66. The summed E-state index contributed by atoms with van der Waals surface area (Å²) in [5, 5.41) is 0. The molecule has 0 atom stereocenters. The van der Waals surface area contributed by atoms with Crippen molar-refractivity contribution in [3.05, 3.63) is 138 Å². The zero-order valence-corrected chi connectivity index (χ0v) is 24.2. The maximum Gasteiger partial charge on any atom is 0.211 e. The molecule has 1 N–H and O–H groups in total. The van der Waals surface area contributed by atoms with Crippen molar-refractivity contribution in [2.24, 2.45) is 0 Å². The number of rotatable bonds is 9. The Bertz CT molecular complexity index is 1440. The molecule has 202 valence electrons. The number of allylic oxidation sites excluding steroid dienone is 3. The molecule has 4 aromatic rings. The predicted octanol–water partition coefficient (Wildman–Crippen LogP) is 7.11. The minimum atomic E-state index is 1.000. The van der Waals surface area contributed by atoms with Gasteiger partial charge >= 0.3 is 0 Å². The standard InChI is InChI=1S/C37H39N3/c1-5-39(6-2)31-22-18-28(19-23-31)37(29-20-24-32(25-21-29)40(7-3)8-4)35-26-27-36(34-17-13-12-16-33(34)35)38-30-14-10-9-11-15-30/h9-27H,5-8H2,1-4H3/p+1. The first-order valence-corrected chi connectivity index (χ1v) is 14.6. The second-order valence-corrected chi connectivity index (χ2v) is 10.0. The average Bonchev–Trinajstić information content (AvgIpc) is 3.01. The molecule has 4 aromatic carbocycles. The van der Waals surface area contributed by atoms with Crippen molar-refractivity contribution in [1.82, 2.24) is 0 Å². The van der Waals surface area contributed by atoms with Crippen molar-refractivity contribution < 1.29 is 4.99 Å². The fourth-order valence-corrected chi connectivity index (χ4v) is 5.64. The highest BCUT2D eigenvalue weighted by atomic mass is 15.1. The van der Waals surface area contributed by atoms with Crippen LogP contribution in [0.25, 0.3) is 11.1 Å². The third kappa shape index (κ3) is 5.65. The first-order chi connectivity index (χ1) is 19.7. The van der Waals surface area contributed by atoms with Gasteiger partial charge in [0.1, 0.15) is 0 Å². The third-order valence-corrected chi connectivity index (χ3v) is 7.82. The lowest BCUT2D eigenvalue weighted by atomic mass is 9.83. The van der Waals surface area contributed by atoms with Gasteiger partial charge in [-0.2, -0.15) is 0 Å². The molecule has 0 aliphatic heterocycles. The van der Waals surface area contributed by atoms with E-state index in [0.29, 0.717) is 0 Å².